The molecule has 0 radical (unpaired) electrons. The van der Waals surface area contributed by atoms with Gasteiger partial charge in [-0.3, -0.25) is 14.4 Å². The highest BCUT2D eigenvalue weighted by atomic mass is 16.5. The number of unbranched alkanes of at least 4 members (excludes halogenated alkanes) is 3. The average Bonchev–Trinajstić information content (AvgIpc) is 3.16. The largest absolute Gasteiger partial charge is 0.494 e. The Morgan fingerprint density at radius 2 is 1.61 bits per heavy atom. The van der Waals surface area contributed by atoms with Crippen LogP contribution in [0.4, 0.5) is 0 Å². The molecule has 2 aromatic rings. The normalized spacial score (nSPS) is 15.5. The zero-order chi connectivity index (χ0) is 35.8. The molecular weight excluding hydrogens is 654 g/mol. The quantitative estimate of drug-likeness (QED) is 0.146. The molecule has 0 saturated carbocycles. The van der Waals surface area contributed by atoms with Crippen LogP contribution >= 0.6 is 0 Å². The summed E-state index contributed by atoms with van der Waals surface area (Å²) in [5.74, 6) is 0.508. The van der Waals surface area contributed by atoms with Crippen molar-refractivity contribution in [3.05, 3.63) is 101 Å². The number of ether oxygens (including phenoxy) is 5. The molecule has 1 saturated heterocycles. The standard InChI is InChI=1S/C40H47NO10/c42-38(43)15-9-21-50-35-14-8-13-29(34(35)16-17-39(44)45)10-4-1-2-7-20-49-33-25-31(24-32(26-33)40(46)41-18-22-47-23-19-41)37-28-48-27-36(51-37)30-11-5-3-6-12-30/h3,5,8,11,13-14,24-28H,1-2,4,6-7,9-10,12,15-23H2,(H,42,43)(H,44,45). The number of amides is 1. The maximum atomic E-state index is 13.5. The number of carbonyl (C=O) groups is 3. The number of allylic oxidation sites excluding steroid dienone is 4. The van der Waals surface area contributed by atoms with E-state index in [4.69, 9.17) is 28.8 Å². The second kappa shape index (κ2) is 19.4. The molecule has 2 heterocycles. The highest BCUT2D eigenvalue weighted by Gasteiger charge is 2.23. The van der Waals surface area contributed by atoms with Gasteiger partial charge in [-0.15, -0.1) is 0 Å². The van der Waals surface area contributed by atoms with E-state index in [-0.39, 0.29) is 25.4 Å². The molecule has 1 aliphatic carbocycles. The minimum Gasteiger partial charge on any atom is -0.494 e. The van der Waals surface area contributed by atoms with E-state index in [1.807, 2.05) is 42.5 Å². The van der Waals surface area contributed by atoms with Gasteiger partial charge in [0.2, 0.25) is 0 Å². The van der Waals surface area contributed by atoms with Crippen LogP contribution in [0.2, 0.25) is 0 Å². The number of carboxylic acid groups (broad SMARTS) is 2. The summed E-state index contributed by atoms with van der Waals surface area (Å²) in [4.78, 5) is 37.5. The SMILES string of the molecule is O=C(O)CCCOc1cccc(CCCCCCOc2cc(C(=O)N3CCOCC3)cc(C3=COC=C(C4=CC=CCC4)O3)c2)c1CCC(=O)O. The monoisotopic (exact) mass is 701 g/mol. The van der Waals surface area contributed by atoms with Gasteiger partial charge in [0.25, 0.3) is 5.91 Å². The Labute approximate surface area is 298 Å². The van der Waals surface area contributed by atoms with Crippen LogP contribution in [-0.4, -0.2) is 72.5 Å². The van der Waals surface area contributed by atoms with E-state index in [0.29, 0.717) is 79.9 Å². The zero-order valence-electron chi connectivity index (χ0n) is 29.0. The average molecular weight is 702 g/mol. The molecule has 1 fully saturated rings. The number of morpholine rings is 1. The topological polar surface area (TPSA) is 141 Å². The summed E-state index contributed by atoms with van der Waals surface area (Å²) in [7, 11) is 0. The van der Waals surface area contributed by atoms with Gasteiger partial charge in [0.15, 0.2) is 11.5 Å². The number of carbonyl (C=O) groups excluding carboxylic acids is 1. The summed E-state index contributed by atoms with van der Waals surface area (Å²) in [5.41, 5.74) is 4.17. The van der Waals surface area contributed by atoms with E-state index in [1.165, 1.54) is 0 Å². The molecule has 11 nitrogen and oxygen atoms in total. The minimum atomic E-state index is -0.877. The van der Waals surface area contributed by atoms with Gasteiger partial charge in [0, 0.05) is 37.1 Å². The van der Waals surface area contributed by atoms with E-state index in [1.54, 1.807) is 23.5 Å². The first-order valence-electron chi connectivity index (χ1n) is 17.8. The molecule has 5 rings (SSSR count). The number of aliphatic carboxylic acids is 2. The van der Waals surface area contributed by atoms with Crippen molar-refractivity contribution in [3.63, 3.8) is 0 Å². The van der Waals surface area contributed by atoms with Crippen molar-refractivity contribution in [3.8, 4) is 11.5 Å². The highest BCUT2D eigenvalue weighted by Crippen LogP contribution is 2.33. The molecule has 272 valence electrons. The first-order valence-corrected chi connectivity index (χ1v) is 17.8. The van der Waals surface area contributed by atoms with Crippen LogP contribution in [-0.2, 0) is 36.6 Å². The fourth-order valence-corrected chi connectivity index (χ4v) is 6.16. The summed E-state index contributed by atoms with van der Waals surface area (Å²) in [6.45, 7) is 2.80. The molecule has 0 atom stereocenters. The van der Waals surface area contributed by atoms with Gasteiger partial charge in [-0.25, -0.2) is 0 Å². The van der Waals surface area contributed by atoms with Gasteiger partial charge in [-0.2, -0.15) is 0 Å². The third-order valence-corrected chi connectivity index (χ3v) is 8.86. The molecule has 0 bridgehead atoms. The second-order valence-corrected chi connectivity index (χ2v) is 12.7. The lowest BCUT2D eigenvalue weighted by Gasteiger charge is -2.27. The summed E-state index contributed by atoms with van der Waals surface area (Å²) in [6.07, 6.45) is 16.2. The number of nitrogens with zero attached hydrogens (tertiary/aromatic N) is 1. The molecule has 2 aliphatic heterocycles. The van der Waals surface area contributed by atoms with E-state index in [2.05, 4.69) is 6.08 Å². The zero-order valence-corrected chi connectivity index (χ0v) is 29.0. The number of hydrogen-bond acceptors (Lipinski definition) is 8. The van der Waals surface area contributed by atoms with Crippen molar-refractivity contribution < 1.29 is 48.3 Å². The predicted octanol–water partition coefficient (Wildman–Crippen LogP) is 7.06. The molecule has 1 amide bonds. The van der Waals surface area contributed by atoms with Crippen LogP contribution in [0.25, 0.3) is 5.76 Å². The number of benzene rings is 2. The lowest BCUT2D eigenvalue weighted by molar-refractivity contribution is -0.138. The van der Waals surface area contributed by atoms with Crippen molar-refractivity contribution in [2.75, 3.05) is 39.5 Å². The van der Waals surface area contributed by atoms with E-state index < -0.39 is 11.9 Å². The number of carboxylic acids is 2. The summed E-state index contributed by atoms with van der Waals surface area (Å²) in [5, 5.41) is 18.2. The van der Waals surface area contributed by atoms with E-state index in [0.717, 1.165) is 61.6 Å². The molecule has 2 aromatic carbocycles. The Bertz CT molecular complexity index is 1650. The summed E-state index contributed by atoms with van der Waals surface area (Å²) in [6, 6.07) is 11.2. The lowest BCUT2D eigenvalue weighted by Crippen LogP contribution is -2.40. The van der Waals surface area contributed by atoms with E-state index in [9.17, 15) is 19.5 Å². The number of rotatable bonds is 19. The van der Waals surface area contributed by atoms with Gasteiger partial charge in [0.1, 0.15) is 24.0 Å². The maximum Gasteiger partial charge on any atom is 0.303 e. The molecule has 3 aliphatic rings. The fourth-order valence-electron chi connectivity index (χ4n) is 6.16. The Morgan fingerprint density at radius 1 is 0.824 bits per heavy atom. The highest BCUT2D eigenvalue weighted by molar-refractivity contribution is 5.95. The van der Waals surface area contributed by atoms with Gasteiger partial charge in [0.05, 0.1) is 26.4 Å². The molecule has 0 aromatic heterocycles. The van der Waals surface area contributed by atoms with Crippen molar-refractivity contribution in [1.29, 1.82) is 0 Å². The molecule has 0 unspecified atom stereocenters. The minimum absolute atomic E-state index is 0.00915. The summed E-state index contributed by atoms with van der Waals surface area (Å²) >= 11 is 0. The van der Waals surface area contributed by atoms with Crippen LogP contribution in [0.5, 0.6) is 11.5 Å². The number of hydrogen-bond donors (Lipinski definition) is 2. The van der Waals surface area contributed by atoms with Crippen molar-refractivity contribution >= 4 is 23.6 Å². The first-order chi connectivity index (χ1) is 24.9. The van der Waals surface area contributed by atoms with E-state index >= 15 is 0 Å². The lowest BCUT2D eigenvalue weighted by atomic mass is 9.97. The predicted molar refractivity (Wildman–Crippen MR) is 190 cm³/mol. The smallest absolute Gasteiger partial charge is 0.303 e. The Balaban J connectivity index is 1.16. The molecule has 11 heteroatoms. The molecule has 51 heavy (non-hydrogen) atoms. The Kier molecular flexibility index (Phi) is 14.2. The van der Waals surface area contributed by atoms with Crippen molar-refractivity contribution in [2.24, 2.45) is 0 Å². The van der Waals surface area contributed by atoms with Crippen LogP contribution in [0.15, 0.2) is 78.5 Å². The fraction of sp³-hybridized carbons (Fsp3) is 0.425. The third kappa shape index (κ3) is 11.5. The van der Waals surface area contributed by atoms with Gasteiger partial charge in [-0.1, -0.05) is 43.2 Å². The molecule has 0 spiro atoms. The maximum absolute atomic E-state index is 13.5. The van der Waals surface area contributed by atoms with Gasteiger partial charge < -0.3 is 38.8 Å². The van der Waals surface area contributed by atoms with Gasteiger partial charge >= 0.3 is 11.9 Å². The first kappa shape index (κ1) is 37.2. The van der Waals surface area contributed by atoms with Crippen LogP contribution in [0.3, 0.4) is 0 Å². The number of aryl methyl sites for hydroxylation is 1. The molecular formula is C40H47NO10. The van der Waals surface area contributed by atoms with Crippen LogP contribution in [0.1, 0.15) is 84.8 Å². The Morgan fingerprint density at radius 3 is 2.39 bits per heavy atom. The van der Waals surface area contributed by atoms with Crippen molar-refractivity contribution in [1.82, 2.24) is 4.90 Å². The van der Waals surface area contributed by atoms with Crippen LogP contribution in [0, 0.1) is 0 Å². The molecule has 2 N–H and O–H groups in total. The second-order valence-electron chi connectivity index (χ2n) is 12.7. The summed E-state index contributed by atoms with van der Waals surface area (Å²) < 4.78 is 29.5. The van der Waals surface area contributed by atoms with Crippen molar-refractivity contribution in [2.45, 2.75) is 70.6 Å². The Hall–Kier alpha value is -5.03. The van der Waals surface area contributed by atoms with Gasteiger partial charge in [-0.05, 0) is 85.9 Å². The third-order valence-electron chi connectivity index (χ3n) is 8.86. The van der Waals surface area contributed by atoms with Crippen LogP contribution < -0.4 is 9.47 Å².